The predicted molar refractivity (Wildman–Crippen MR) is 103 cm³/mol. The molecule has 0 aliphatic carbocycles. The van der Waals surface area contributed by atoms with Crippen molar-refractivity contribution in [2.45, 2.75) is 6.54 Å². The van der Waals surface area contributed by atoms with Crippen LogP contribution in [0.15, 0.2) is 36.5 Å². The lowest BCUT2D eigenvalue weighted by atomic mass is 10.1. The number of fused-ring (bicyclic) bond motifs is 1. The van der Waals surface area contributed by atoms with Crippen LogP contribution >= 0.6 is 0 Å². The summed E-state index contributed by atoms with van der Waals surface area (Å²) in [6, 6.07) is 9.68. The van der Waals surface area contributed by atoms with Gasteiger partial charge in [-0.2, -0.15) is 0 Å². The molecule has 2 aromatic rings. The Bertz CT molecular complexity index is 909. The van der Waals surface area contributed by atoms with E-state index in [1.54, 1.807) is 12.3 Å². The molecule has 0 amide bonds. The van der Waals surface area contributed by atoms with Crippen LogP contribution in [0.3, 0.4) is 0 Å². The van der Waals surface area contributed by atoms with Crippen LogP contribution in [0.4, 0.5) is 11.5 Å². The second kappa shape index (κ2) is 7.24. The minimum absolute atomic E-state index is 0.296. The molecule has 2 aliphatic rings. The molecule has 3 heterocycles. The van der Waals surface area contributed by atoms with Gasteiger partial charge in [0.2, 0.25) is 16.8 Å². The molecule has 0 unspecified atom stereocenters. The van der Waals surface area contributed by atoms with Gasteiger partial charge in [0.15, 0.2) is 11.5 Å². The van der Waals surface area contributed by atoms with Crippen molar-refractivity contribution in [3.63, 3.8) is 0 Å². The van der Waals surface area contributed by atoms with E-state index in [0.717, 1.165) is 56.2 Å². The summed E-state index contributed by atoms with van der Waals surface area (Å²) in [4.78, 5) is 8.85. The maximum absolute atomic E-state index is 11.3. The van der Waals surface area contributed by atoms with E-state index in [1.807, 2.05) is 18.2 Å². The minimum atomic E-state index is -3.31. The number of ether oxygens (including phenoxy) is 2. The number of pyridine rings is 1. The highest BCUT2D eigenvalue weighted by atomic mass is 32.2. The molecule has 0 atom stereocenters. The van der Waals surface area contributed by atoms with Crippen molar-refractivity contribution in [1.29, 1.82) is 0 Å². The molecule has 1 aromatic carbocycles. The minimum Gasteiger partial charge on any atom is -0.454 e. The molecule has 2 aliphatic heterocycles. The molecule has 0 bridgehead atoms. The van der Waals surface area contributed by atoms with Crippen molar-refractivity contribution < 1.29 is 17.9 Å². The van der Waals surface area contributed by atoms with Crippen molar-refractivity contribution in [1.82, 2.24) is 9.88 Å². The fourth-order valence-corrected chi connectivity index (χ4v) is 3.79. The Labute approximate surface area is 158 Å². The Morgan fingerprint density at radius 2 is 1.85 bits per heavy atom. The lowest BCUT2D eigenvalue weighted by Gasteiger charge is -2.36. The maximum Gasteiger partial charge on any atom is 0.231 e. The van der Waals surface area contributed by atoms with Crippen LogP contribution in [0.1, 0.15) is 5.56 Å². The third kappa shape index (κ3) is 4.42. The maximum atomic E-state index is 11.3. The van der Waals surface area contributed by atoms with Crippen LogP contribution in [0.25, 0.3) is 0 Å². The first kappa shape index (κ1) is 17.9. The van der Waals surface area contributed by atoms with Gasteiger partial charge in [0, 0.05) is 32.7 Å². The second-order valence-corrected chi connectivity index (χ2v) is 8.48. The van der Waals surface area contributed by atoms with Crippen LogP contribution in [0, 0.1) is 0 Å². The van der Waals surface area contributed by atoms with Crippen molar-refractivity contribution in [3.05, 3.63) is 42.1 Å². The zero-order chi connectivity index (χ0) is 18.9. The van der Waals surface area contributed by atoms with E-state index >= 15 is 0 Å². The van der Waals surface area contributed by atoms with Gasteiger partial charge in [0.25, 0.3) is 0 Å². The average molecular weight is 390 g/mol. The summed E-state index contributed by atoms with van der Waals surface area (Å²) < 4.78 is 35.7. The highest BCUT2D eigenvalue weighted by Crippen LogP contribution is 2.33. The van der Waals surface area contributed by atoms with Gasteiger partial charge in [0.1, 0.15) is 5.82 Å². The van der Waals surface area contributed by atoms with Crippen molar-refractivity contribution in [2.24, 2.45) is 0 Å². The number of benzene rings is 1. The number of anilines is 2. The number of piperazine rings is 1. The summed E-state index contributed by atoms with van der Waals surface area (Å²) in [5.74, 6) is 1.97. The number of nitrogens with one attached hydrogen (secondary N) is 1. The van der Waals surface area contributed by atoms with Crippen molar-refractivity contribution >= 4 is 21.5 Å². The van der Waals surface area contributed by atoms with E-state index in [9.17, 15) is 8.42 Å². The summed E-state index contributed by atoms with van der Waals surface area (Å²) in [7, 11) is -3.31. The van der Waals surface area contributed by atoms with Gasteiger partial charge in [-0.1, -0.05) is 6.07 Å². The van der Waals surface area contributed by atoms with Gasteiger partial charge >= 0.3 is 0 Å². The van der Waals surface area contributed by atoms with Crippen molar-refractivity contribution in [3.8, 4) is 11.5 Å². The topological polar surface area (TPSA) is 84.0 Å². The van der Waals surface area contributed by atoms with Crippen molar-refractivity contribution in [2.75, 3.05) is 48.8 Å². The highest BCUT2D eigenvalue weighted by molar-refractivity contribution is 7.92. The molecular formula is C18H22N4O4S. The quantitative estimate of drug-likeness (QED) is 0.828. The SMILES string of the molecule is CS(=O)(=O)Nc1ccc(N2CCN(Cc3ccc4c(c3)OCO4)CC2)cn1. The fourth-order valence-electron chi connectivity index (χ4n) is 3.29. The van der Waals surface area contributed by atoms with Gasteiger partial charge < -0.3 is 14.4 Å². The third-order valence-corrected chi connectivity index (χ3v) is 5.20. The number of hydrogen-bond acceptors (Lipinski definition) is 7. The molecule has 0 radical (unpaired) electrons. The number of aromatic nitrogens is 1. The molecule has 0 spiro atoms. The normalized spacial score (nSPS) is 17.1. The zero-order valence-corrected chi connectivity index (χ0v) is 15.9. The van der Waals surface area contributed by atoms with Crippen LogP contribution < -0.4 is 19.1 Å². The Kier molecular flexibility index (Phi) is 4.79. The lowest BCUT2D eigenvalue weighted by Crippen LogP contribution is -2.46. The number of hydrogen-bond donors (Lipinski definition) is 1. The molecule has 1 fully saturated rings. The lowest BCUT2D eigenvalue weighted by molar-refractivity contribution is 0.174. The van der Waals surface area contributed by atoms with E-state index in [0.29, 0.717) is 12.6 Å². The molecule has 4 rings (SSSR count). The first-order chi connectivity index (χ1) is 13.0. The number of rotatable bonds is 5. The Balaban J connectivity index is 1.32. The summed E-state index contributed by atoms with van der Waals surface area (Å²) >= 11 is 0. The first-order valence-electron chi connectivity index (χ1n) is 8.76. The summed E-state index contributed by atoms with van der Waals surface area (Å²) in [6.07, 6.45) is 2.82. The molecule has 8 nitrogen and oxygen atoms in total. The van der Waals surface area contributed by atoms with Gasteiger partial charge in [-0.15, -0.1) is 0 Å². The molecule has 9 heteroatoms. The number of sulfonamides is 1. The van der Waals surface area contributed by atoms with E-state index in [1.165, 1.54) is 5.56 Å². The smallest absolute Gasteiger partial charge is 0.231 e. The molecule has 1 aromatic heterocycles. The first-order valence-corrected chi connectivity index (χ1v) is 10.7. The van der Waals surface area contributed by atoms with Crippen LogP contribution in [0.5, 0.6) is 11.5 Å². The van der Waals surface area contributed by atoms with Gasteiger partial charge in [-0.05, 0) is 29.8 Å². The number of nitrogens with zero attached hydrogens (tertiary/aromatic N) is 3. The summed E-state index contributed by atoms with van der Waals surface area (Å²) in [5, 5.41) is 0. The molecule has 0 saturated carbocycles. The molecule has 1 saturated heterocycles. The van der Waals surface area contributed by atoms with Crippen LogP contribution in [-0.4, -0.2) is 57.5 Å². The van der Waals surface area contributed by atoms with Gasteiger partial charge in [0.05, 0.1) is 18.1 Å². The largest absolute Gasteiger partial charge is 0.454 e. The average Bonchev–Trinajstić information content (AvgIpc) is 3.10. The van der Waals surface area contributed by atoms with E-state index in [2.05, 4.69) is 25.6 Å². The van der Waals surface area contributed by atoms with Gasteiger partial charge in [-0.25, -0.2) is 13.4 Å². The highest BCUT2D eigenvalue weighted by Gasteiger charge is 2.19. The molecule has 27 heavy (non-hydrogen) atoms. The Morgan fingerprint density at radius 3 is 2.56 bits per heavy atom. The third-order valence-electron chi connectivity index (χ3n) is 4.62. The Hall–Kier alpha value is -2.52. The van der Waals surface area contributed by atoms with Gasteiger partial charge in [-0.3, -0.25) is 9.62 Å². The van der Waals surface area contributed by atoms with Crippen LogP contribution in [-0.2, 0) is 16.6 Å². The fraction of sp³-hybridized carbons (Fsp3) is 0.389. The summed E-state index contributed by atoms with van der Waals surface area (Å²) in [6.45, 7) is 4.84. The van der Waals surface area contributed by atoms with Crippen LogP contribution in [0.2, 0.25) is 0 Å². The standard InChI is InChI=1S/C18H22N4O4S/c1-27(23,24)20-18-5-3-15(11-19-18)22-8-6-21(7-9-22)12-14-2-4-16-17(10-14)26-13-25-16/h2-5,10-11H,6-9,12-13H2,1H3,(H,19,20). The molecule has 1 N–H and O–H groups in total. The predicted octanol–water partition coefficient (Wildman–Crippen LogP) is 1.50. The van der Waals surface area contributed by atoms with E-state index in [-0.39, 0.29) is 0 Å². The Morgan fingerprint density at radius 1 is 1.07 bits per heavy atom. The second-order valence-electron chi connectivity index (χ2n) is 6.73. The summed E-state index contributed by atoms with van der Waals surface area (Å²) in [5.41, 5.74) is 2.21. The van der Waals surface area contributed by atoms with E-state index < -0.39 is 10.0 Å². The zero-order valence-electron chi connectivity index (χ0n) is 15.1. The monoisotopic (exact) mass is 390 g/mol. The molecular weight excluding hydrogens is 368 g/mol. The molecule has 144 valence electrons. The van der Waals surface area contributed by atoms with E-state index in [4.69, 9.17) is 9.47 Å².